The Bertz CT molecular complexity index is 2770. The number of hydrogen-bond donors (Lipinski definition) is 0. The van der Waals surface area contributed by atoms with E-state index in [0.717, 1.165) is 38.9 Å². The maximum absolute atomic E-state index is 6.32. The molecule has 0 aliphatic carbocycles. The van der Waals surface area contributed by atoms with Crippen molar-refractivity contribution in [2.24, 2.45) is 0 Å². The lowest BCUT2D eigenvalue weighted by molar-refractivity contribution is 0.669. The lowest BCUT2D eigenvalue weighted by Crippen LogP contribution is -1.88. The van der Waals surface area contributed by atoms with Crippen LogP contribution in [-0.2, 0) is 0 Å². The standard InChI is InChI=1S/C41H23NOS2/c1-2-8-30-24(7-1)12-16-36-39(30)32-22-25(13-15-35(32)43-36)27-19-28(21-29(20-27)34-10-5-6-18-42-34)26-14-17-38-33(23-26)40-31-9-3-4-11-37(31)44-41(40)45-38/h1-23H. The van der Waals surface area contributed by atoms with Crippen LogP contribution >= 0.6 is 22.7 Å². The molecule has 45 heavy (non-hydrogen) atoms. The molecular weight excluding hydrogens is 587 g/mol. The van der Waals surface area contributed by atoms with Crippen molar-refractivity contribution in [3.05, 3.63) is 140 Å². The van der Waals surface area contributed by atoms with E-state index in [-0.39, 0.29) is 0 Å². The number of thiophene rings is 2. The van der Waals surface area contributed by atoms with Gasteiger partial charge in [-0.3, -0.25) is 4.98 Å². The first-order valence-electron chi connectivity index (χ1n) is 15.0. The topological polar surface area (TPSA) is 26.0 Å². The van der Waals surface area contributed by atoms with Crippen molar-refractivity contribution in [3.63, 3.8) is 0 Å². The number of nitrogens with zero attached hydrogens (tertiary/aromatic N) is 1. The van der Waals surface area contributed by atoms with Gasteiger partial charge in [0.2, 0.25) is 0 Å². The van der Waals surface area contributed by atoms with Crippen molar-refractivity contribution in [2.75, 3.05) is 0 Å². The first kappa shape index (κ1) is 25.1. The first-order chi connectivity index (χ1) is 22.3. The van der Waals surface area contributed by atoms with Gasteiger partial charge in [0.15, 0.2) is 0 Å². The molecule has 0 fully saturated rings. The molecule has 0 atom stereocenters. The van der Waals surface area contributed by atoms with Crippen LogP contribution in [0.25, 0.3) is 95.8 Å². The molecule has 0 spiro atoms. The Morgan fingerprint density at radius 3 is 1.98 bits per heavy atom. The monoisotopic (exact) mass is 609 g/mol. The Labute approximate surface area is 266 Å². The Morgan fingerprint density at radius 1 is 0.444 bits per heavy atom. The van der Waals surface area contributed by atoms with E-state index in [0.29, 0.717) is 0 Å². The van der Waals surface area contributed by atoms with Gasteiger partial charge in [-0.2, -0.15) is 0 Å². The summed E-state index contributed by atoms with van der Waals surface area (Å²) in [5, 5.41) is 8.78. The molecule has 0 N–H and O–H groups in total. The van der Waals surface area contributed by atoms with Gasteiger partial charge < -0.3 is 4.42 Å². The minimum atomic E-state index is 0.904. The lowest BCUT2D eigenvalue weighted by Gasteiger charge is -2.11. The third-order valence-electron chi connectivity index (χ3n) is 8.93. The molecule has 10 aromatic rings. The van der Waals surface area contributed by atoms with E-state index in [2.05, 4.69) is 127 Å². The van der Waals surface area contributed by atoms with E-state index in [1.807, 2.05) is 34.9 Å². The molecule has 0 unspecified atom stereocenters. The molecular formula is C41H23NOS2. The zero-order valence-electron chi connectivity index (χ0n) is 24.0. The van der Waals surface area contributed by atoms with Crippen molar-refractivity contribution in [1.29, 1.82) is 0 Å². The molecule has 0 radical (unpaired) electrons. The van der Waals surface area contributed by atoms with Gasteiger partial charge in [0.1, 0.15) is 11.2 Å². The number of furan rings is 1. The molecule has 0 saturated carbocycles. The van der Waals surface area contributed by atoms with Gasteiger partial charge in [-0.15, -0.1) is 22.7 Å². The van der Waals surface area contributed by atoms with Crippen molar-refractivity contribution >= 4 is 85.0 Å². The fourth-order valence-electron chi connectivity index (χ4n) is 6.81. The van der Waals surface area contributed by atoms with Crippen molar-refractivity contribution < 1.29 is 4.42 Å². The van der Waals surface area contributed by atoms with Crippen LogP contribution in [0.3, 0.4) is 0 Å². The van der Waals surface area contributed by atoms with Crippen molar-refractivity contribution in [2.45, 2.75) is 0 Å². The molecule has 0 amide bonds. The van der Waals surface area contributed by atoms with Crippen LogP contribution in [0, 0.1) is 0 Å². The van der Waals surface area contributed by atoms with Crippen LogP contribution < -0.4 is 0 Å². The maximum Gasteiger partial charge on any atom is 0.136 e. The molecule has 0 aliphatic rings. The number of benzene rings is 6. The highest BCUT2D eigenvalue weighted by Crippen LogP contribution is 2.45. The van der Waals surface area contributed by atoms with E-state index in [9.17, 15) is 0 Å². The van der Waals surface area contributed by atoms with Gasteiger partial charge >= 0.3 is 0 Å². The molecule has 0 bridgehead atoms. The highest BCUT2D eigenvalue weighted by Gasteiger charge is 2.16. The first-order valence-corrected chi connectivity index (χ1v) is 16.7. The van der Waals surface area contributed by atoms with Gasteiger partial charge in [0, 0.05) is 48.1 Å². The summed E-state index contributed by atoms with van der Waals surface area (Å²) in [4.78, 5) is 4.73. The number of rotatable bonds is 3. The molecule has 4 heteroatoms. The number of hydrogen-bond acceptors (Lipinski definition) is 4. The van der Waals surface area contributed by atoms with Crippen molar-refractivity contribution in [1.82, 2.24) is 4.98 Å². The summed E-state index contributed by atoms with van der Waals surface area (Å²) in [5.41, 5.74) is 8.57. The second kappa shape index (κ2) is 9.60. The van der Waals surface area contributed by atoms with Crippen LogP contribution in [-0.4, -0.2) is 4.98 Å². The number of aromatic nitrogens is 1. The second-order valence-corrected chi connectivity index (χ2v) is 13.9. The quantitative estimate of drug-likeness (QED) is 0.199. The fourth-order valence-corrected chi connectivity index (χ4v) is 9.40. The van der Waals surface area contributed by atoms with Gasteiger partial charge in [-0.1, -0.05) is 66.7 Å². The van der Waals surface area contributed by atoms with E-state index in [4.69, 9.17) is 9.40 Å². The molecule has 2 nitrogen and oxygen atoms in total. The summed E-state index contributed by atoms with van der Waals surface area (Å²) < 4.78 is 10.4. The second-order valence-electron chi connectivity index (χ2n) is 11.6. The van der Waals surface area contributed by atoms with Gasteiger partial charge in [-0.05, 0) is 99.8 Å². The van der Waals surface area contributed by atoms with Gasteiger partial charge in [0.25, 0.3) is 0 Å². The minimum absolute atomic E-state index is 0.904. The zero-order chi connectivity index (χ0) is 29.5. The maximum atomic E-state index is 6.32. The molecule has 210 valence electrons. The molecule has 4 aromatic heterocycles. The summed E-state index contributed by atoms with van der Waals surface area (Å²) >= 11 is 3.79. The Kier molecular flexibility index (Phi) is 5.35. The SMILES string of the molecule is c1ccc(-c2cc(-c3ccc4oc5ccc6ccccc6c5c4c3)cc(-c3ccc4sc5sc6ccccc6c5c4c3)c2)nc1. The number of fused-ring (bicyclic) bond motifs is 10. The van der Waals surface area contributed by atoms with E-state index in [1.165, 1.54) is 56.9 Å². The summed E-state index contributed by atoms with van der Waals surface area (Å²) in [5.74, 6) is 0. The highest BCUT2D eigenvalue weighted by molar-refractivity contribution is 7.44. The molecule has 6 aromatic carbocycles. The van der Waals surface area contributed by atoms with Crippen LogP contribution in [0.2, 0.25) is 0 Å². The average Bonchev–Trinajstić information content (AvgIpc) is 3.77. The van der Waals surface area contributed by atoms with E-state index < -0.39 is 0 Å². The van der Waals surface area contributed by atoms with Crippen LogP contribution in [0.1, 0.15) is 0 Å². The molecule has 4 heterocycles. The minimum Gasteiger partial charge on any atom is -0.456 e. The lowest BCUT2D eigenvalue weighted by atomic mass is 9.93. The third kappa shape index (κ3) is 3.90. The van der Waals surface area contributed by atoms with Gasteiger partial charge in [-0.25, -0.2) is 0 Å². The highest BCUT2D eigenvalue weighted by atomic mass is 32.2. The van der Waals surface area contributed by atoms with Gasteiger partial charge in [0.05, 0.1) is 9.71 Å². The summed E-state index contributed by atoms with van der Waals surface area (Å²) in [7, 11) is 0. The third-order valence-corrected chi connectivity index (χ3v) is 11.4. The Balaban J connectivity index is 1.21. The largest absolute Gasteiger partial charge is 0.456 e. The summed E-state index contributed by atoms with van der Waals surface area (Å²) in [6.07, 6.45) is 1.87. The molecule has 10 rings (SSSR count). The van der Waals surface area contributed by atoms with Crippen molar-refractivity contribution in [3.8, 4) is 33.5 Å². The van der Waals surface area contributed by atoms with E-state index >= 15 is 0 Å². The zero-order valence-corrected chi connectivity index (χ0v) is 25.6. The average molecular weight is 610 g/mol. The molecule has 0 aliphatic heterocycles. The van der Waals surface area contributed by atoms with Crippen LogP contribution in [0.4, 0.5) is 0 Å². The smallest absolute Gasteiger partial charge is 0.136 e. The fraction of sp³-hybridized carbons (Fsp3) is 0. The summed E-state index contributed by atoms with van der Waals surface area (Å²) in [6, 6.07) is 48.0. The van der Waals surface area contributed by atoms with E-state index in [1.54, 1.807) is 0 Å². The normalized spacial score (nSPS) is 12.0. The Hall–Kier alpha value is -5.29. The summed E-state index contributed by atoms with van der Waals surface area (Å²) in [6.45, 7) is 0. The predicted octanol–water partition coefficient (Wildman–Crippen LogP) is 12.7. The molecule has 0 saturated heterocycles. The number of pyridine rings is 1. The Morgan fingerprint density at radius 2 is 1.13 bits per heavy atom. The van der Waals surface area contributed by atoms with Crippen LogP contribution in [0.15, 0.2) is 144 Å². The van der Waals surface area contributed by atoms with Crippen LogP contribution in [0.5, 0.6) is 0 Å². The predicted molar refractivity (Wildman–Crippen MR) is 194 cm³/mol.